The molecule has 4 heteroatoms. The fourth-order valence-corrected chi connectivity index (χ4v) is 5.50. The van der Waals surface area contributed by atoms with E-state index in [4.69, 9.17) is 0 Å². The van der Waals surface area contributed by atoms with Crippen LogP contribution in [0.2, 0.25) is 0 Å². The molecule has 1 aromatic heterocycles. The first-order valence-corrected chi connectivity index (χ1v) is 11.9. The number of halogens is 1. The van der Waals surface area contributed by atoms with E-state index < -0.39 is 0 Å². The van der Waals surface area contributed by atoms with Crippen molar-refractivity contribution in [2.45, 2.75) is 50.6 Å². The molecule has 3 nitrogen and oxygen atoms in total. The topological polar surface area (TPSA) is 31.1 Å². The minimum absolute atomic E-state index is 0.478. The van der Waals surface area contributed by atoms with Crippen LogP contribution in [0, 0.1) is 0 Å². The maximum atomic E-state index is 4.01. The molecule has 3 aromatic rings. The van der Waals surface area contributed by atoms with Gasteiger partial charge in [-0.3, -0.25) is 0 Å². The molecular weight excluding hydrogens is 422 g/mol. The van der Waals surface area contributed by atoms with Crippen molar-refractivity contribution in [3.63, 3.8) is 0 Å². The molecule has 0 radical (unpaired) electrons. The summed E-state index contributed by atoms with van der Waals surface area (Å²) in [6.45, 7) is 3.61. The Labute approximate surface area is 182 Å². The zero-order valence-electron chi connectivity index (χ0n) is 17.0. The molecule has 1 unspecified atom stereocenters. The van der Waals surface area contributed by atoms with Crippen LogP contribution in [0.15, 0.2) is 53.0 Å². The van der Waals surface area contributed by atoms with Crippen LogP contribution >= 0.6 is 15.9 Å². The third kappa shape index (κ3) is 4.30. The maximum absolute atomic E-state index is 4.01. The third-order valence-corrected chi connectivity index (χ3v) is 7.25. The summed E-state index contributed by atoms with van der Waals surface area (Å²) in [4.78, 5) is 6.37. The summed E-state index contributed by atoms with van der Waals surface area (Å²) in [5, 5.41) is 5.41. The molecule has 1 atom stereocenters. The molecule has 0 amide bonds. The average Bonchev–Trinajstić information content (AvgIpc) is 3.13. The molecule has 0 saturated carbocycles. The van der Waals surface area contributed by atoms with Crippen molar-refractivity contribution < 1.29 is 0 Å². The Hall–Kier alpha value is -1.62. The number of H-pyrrole nitrogens is 1. The van der Waals surface area contributed by atoms with Gasteiger partial charge >= 0.3 is 0 Å². The van der Waals surface area contributed by atoms with E-state index in [0.29, 0.717) is 12.1 Å². The van der Waals surface area contributed by atoms with Gasteiger partial charge < -0.3 is 15.2 Å². The molecule has 1 saturated heterocycles. The van der Waals surface area contributed by atoms with E-state index in [-0.39, 0.29) is 0 Å². The van der Waals surface area contributed by atoms with E-state index in [9.17, 15) is 0 Å². The van der Waals surface area contributed by atoms with Crippen LogP contribution in [0.3, 0.4) is 0 Å². The highest BCUT2D eigenvalue weighted by Crippen LogP contribution is 2.36. The van der Waals surface area contributed by atoms with Gasteiger partial charge in [0.2, 0.25) is 0 Å². The lowest BCUT2D eigenvalue weighted by Crippen LogP contribution is -2.44. The Bertz CT molecular complexity index is 957. The molecular formula is C25H30BrN3. The molecule has 5 rings (SSSR count). The monoisotopic (exact) mass is 451 g/mol. The molecule has 2 N–H and O–H groups in total. The van der Waals surface area contributed by atoms with E-state index >= 15 is 0 Å². The van der Waals surface area contributed by atoms with Gasteiger partial charge in [-0.05, 0) is 80.9 Å². The number of aromatic amines is 1. The molecule has 2 aliphatic rings. The second kappa shape index (κ2) is 8.63. The number of aromatic nitrogens is 1. The van der Waals surface area contributed by atoms with Crippen LogP contribution < -0.4 is 5.32 Å². The SMILES string of the molecule is Brc1ccc2[nH]c3c(c2c1)CCCC3NC1CCN(CCc2ccccc2)CC1. The van der Waals surface area contributed by atoms with Gasteiger partial charge in [0.15, 0.2) is 0 Å². The van der Waals surface area contributed by atoms with Crippen molar-refractivity contribution >= 4 is 26.8 Å². The lowest BCUT2D eigenvalue weighted by Gasteiger charge is -2.35. The van der Waals surface area contributed by atoms with Crippen LogP contribution in [0.5, 0.6) is 0 Å². The molecule has 1 aliphatic carbocycles. The molecule has 1 aliphatic heterocycles. The van der Waals surface area contributed by atoms with Crippen LogP contribution in [-0.2, 0) is 12.8 Å². The fraction of sp³-hybridized carbons (Fsp3) is 0.440. The second-order valence-electron chi connectivity index (χ2n) is 8.67. The zero-order valence-corrected chi connectivity index (χ0v) is 18.5. The number of benzene rings is 2. The van der Waals surface area contributed by atoms with Gasteiger partial charge in [-0.2, -0.15) is 0 Å². The van der Waals surface area contributed by atoms with Crippen LogP contribution in [0.1, 0.15) is 48.5 Å². The number of aryl methyl sites for hydroxylation is 1. The number of fused-ring (bicyclic) bond motifs is 3. The van der Waals surface area contributed by atoms with Gasteiger partial charge in [0.25, 0.3) is 0 Å². The van der Waals surface area contributed by atoms with Crippen molar-refractivity contribution in [2.24, 2.45) is 0 Å². The fourth-order valence-electron chi connectivity index (χ4n) is 5.14. The van der Waals surface area contributed by atoms with E-state index in [1.165, 1.54) is 83.9 Å². The first-order chi connectivity index (χ1) is 14.3. The molecule has 0 bridgehead atoms. The minimum atomic E-state index is 0.478. The van der Waals surface area contributed by atoms with Crippen molar-refractivity contribution in [1.82, 2.24) is 15.2 Å². The Morgan fingerprint density at radius 2 is 1.86 bits per heavy atom. The lowest BCUT2D eigenvalue weighted by atomic mass is 9.90. The van der Waals surface area contributed by atoms with Crippen molar-refractivity contribution in [1.29, 1.82) is 0 Å². The number of hydrogen-bond acceptors (Lipinski definition) is 2. The van der Waals surface area contributed by atoms with Gasteiger partial charge in [-0.25, -0.2) is 0 Å². The first kappa shape index (κ1) is 19.3. The molecule has 1 fully saturated rings. The normalized spacial score (nSPS) is 20.8. The molecule has 152 valence electrons. The largest absolute Gasteiger partial charge is 0.357 e. The summed E-state index contributed by atoms with van der Waals surface area (Å²) in [5.74, 6) is 0. The summed E-state index contributed by atoms with van der Waals surface area (Å²) in [7, 11) is 0. The van der Waals surface area contributed by atoms with Crippen LogP contribution in [0.25, 0.3) is 10.9 Å². The van der Waals surface area contributed by atoms with E-state index in [1.54, 1.807) is 0 Å². The van der Waals surface area contributed by atoms with E-state index in [2.05, 4.69) is 79.7 Å². The molecule has 2 heterocycles. The number of likely N-dealkylation sites (tertiary alicyclic amines) is 1. The van der Waals surface area contributed by atoms with Crippen molar-refractivity contribution in [3.05, 3.63) is 69.8 Å². The highest BCUT2D eigenvalue weighted by Gasteiger charge is 2.28. The zero-order chi connectivity index (χ0) is 19.6. The number of nitrogens with zero attached hydrogens (tertiary/aromatic N) is 1. The van der Waals surface area contributed by atoms with Crippen molar-refractivity contribution in [3.8, 4) is 0 Å². The molecule has 0 spiro atoms. The number of nitrogens with one attached hydrogen (secondary N) is 2. The van der Waals surface area contributed by atoms with Gasteiger partial charge in [0.1, 0.15) is 0 Å². The van der Waals surface area contributed by atoms with Crippen molar-refractivity contribution in [2.75, 3.05) is 19.6 Å². The van der Waals surface area contributed by atoms with Gasteiger partial charge in [-0.1, -0.05) is 46.3 Å². The predicted octanol–water partition coefficient (Wildman–Crippen LogP) is 5.60. The maximum Gasteiger partial charge on any atom is 0.0478 e. The number of hydrogen-bond donors (Lipinski definition) is 2. The lowest BCUT2D eigenvalue weighted by molar-refractivity contribution is 0.189. The van der Waals surface area contributed by atoms with E-state index in [1.807, 2.05) is 0 Å². The third-order valence-electron chi connectivity index (χ3n) is 6.75. The summed E-state index contributed by atoms with van der Waals surface area (Å²) < 4.78 is 1.17. The quantitative estimate of drug-likeness (QED) is 0.528. The number of piperidine rings is 1. The Kier molecular flexibility index (Phi) is 5.76. The number of rotatable bonds is 5. The first-order valence-electron chi connectivity index (χ1n) is 11.1. The van der Waals surface area contributed by atoms with Crippen LogP contribution in [-0.4, -0.2) is 35.6 Å². The van der Waals surface area contributed by atoms with Crippen LogP contribution in [0.4, 0.5) is 0 Å². The standard InChI is InChI=1S/C25H30BrN3/c26-19-9-10-23-22(17-19)21-7-4-8-24(25(21)28-23)27-20-12-15-29(16-13-20)14-11-18-5-2-1-3-6-18/h1-3,5-6,9-10,17,20,24,27-28H,4,7-8,11-16H2. The van der Waals surface area contributed by atoms with Gasteiger partial charge in [-0.15, -0.1) is 0 Å². The second-order valence-corrected chi connectivity index (χ2v) is 9.59. The van der Waals surface area contributed by atoms with Gasteiger partial charge in [0.05, 0.1) is 0 Å². The molecule has 2 aromatic carbocycles. The smallest absolute Gasteiger partial charge is 0.0478 e. The summed E-state index contributed by atoms with van der Waals surface area (Å²) in [6, 6.07) is 18.6. The van der Waals surface area contributed by atoms with Gasteiger partial charge in [0, 0.05) is 39.7 Å². The molecule has 29 heavy (non-hydrogen) atoms. The van der Waals surface area contributed by atoms with E-state index in [0.717, 1.165) is 6.42 Å². The predicted molar refractivity (Wildman–Crippen MR) is 124 cm³/mol. The highest BCUT2D eigenvalue weighted by molar-refractivity contribution is 9.10. The minimum Gasteiger partial charge on any atom is -0.357 e. The highest BCUT2D eigenvalue weighted by atomic mass is 79.9. The average molecular weight is 452 g/mol. The summed E-state index contributed by atoms with van der Waals surface area (Å²) >= 11 is 3.64. The summed E-state index contributed by atoms with van der Waals surface area (Å²) in [6.07, 6.45) is 7.39. The Morgan fingerprint density at radius 1 is 1.03 bits per heavy atom. The summed E-state index contributed by atoms with van der Waals surface area (Å²) in [5.41, 5.74) is 5.71. The Balaban J connectivity index is 1.19. The Morgan fingerprint density at radius 3 is 2.69 bits per heavy atom.